The summed E-state index contributed by atoms with van der Waals surface area (Å²) in [5.41, 5.74) is 0. The van der Waals surface area contributed by atoms with Crippen LogP contribution < -0.4 is 5.32 Å². The van der Waals surface area contributed by atoms with E-state index in [-0.39, 0.29) is 25.5 Å². The Kier molecular flexibility index (Phi) is 2.58. The van der Waals surface area contributed by atoms with Gasteiger partial charge in [0.2, 0.25) is 17.7 Å². The van der Waals surface area contributed by atoms with Crippen LogP contribution in [0, 0.1) is 0 Å². The third-order valence-corrected chi connectivity index (χ3v) is 1.99. The van der Waals surface area contributed by atoms with E-state index in [1.54, 1.807) is 0 Å². The summed E-state index contributed by atoms with van der Waals surface area (Å²) in [5.74, 6) is -1.35. The first kappa shape index (κ1) is 10.2. The molecule has 0 saturated carbocycles. The third-order valence-electron chi connectivity index (χ3n) is 1.99. The average molecular weight is 224 g/mol. The Hall–Kier alpha value is -2.32. The van der Waals surface area contributed by atoms with Crippen LogP contribution >= 0.6 is 0 Å². The van der Waals surface area contributed by atoms with Crippen molar-refractivity contribution in [3.63, 3.8) is 0 Å². The minimum Gasteiger partial charge on any atom is -0.322 e. The molecule has 0 bridgehead atoms. The Morgan fingerprint density at radius 1 is 1.38 bits per heavy atom. The van der Waals surface area contributed by atoms with Gasteiger partial charge in [-0.3, -0.25) is 19.7 Å². The molecule has 9 nitrogen and oxygen atoms in total. The SMILES string of the molecule is O=C1CN(C(=O)Cn2cnnn2)CC(=O)N1. The lowest BCUT2D eigenvalue weighted by molar-refractivity contribution is -0.145. The van der Waals surface area contributed by atoms with Crippen molar-refractivity contribution in [1.82, 2.24) is 30.4 Å². The fraction of sp³-hybridized carbons (Fsp3) is 0.429. The van der Waals surface area contributed by atoms with Crippen molar-refractivity contribution in [3.05, 3.63) is 6.33 Å². The molecule has 0 atom stereocenters. The van der Waals surface area contributed by atoms with Gasteiger partial charge < -0.3 is 4.90 Å². The van der Waals surface area contributed by atoms with Crippen LogP contribution in [0.2, 0.25) is 0 Å². The topological polar surface area (TPSA) is 110 Å². The number of nitrogens with one attached hydrogen (secondary N) is 1. The number of imide groups is 1. The molecule has 1 aromatic heterocycles. The zero-order valence-corrected chi connectivity index (χ0v) is 8.16. The maximum atomic E-state index is 11.6. The Morgan fingerprint density at radius 2 is 2.06 bits per heavy atom. The van der Waals surface area contributed by atoms with E-state index in [2.05, 4.69) is 20.8 Å². The van der Waals surface area contributed by atoms with Gasteiger partial charge in [0.15, 0.2) is 0 Å². The second kappa shape index (κ2) is 4.04. The van der Waals surface area contributed by atoms with Gasteiger partial charge in [-0.2, -0.15) is 0 Å². The van der Waals surface area contributed by atoms with Crippen molar-refractivity contribution in [3.8, 4) is 0 Å². The number of hydrogen-bond donors (Lipinski definition) is 1. The Labute approximate surface area is 89.4 Å². The van der Waals surface area contributed by atoms with Crippen LogP contribution in [0.15, 0.2) is 6.33 Å². The maximum absolute atomic E-state index is 11.6. The van der Waals surface area contributed by atoms with E-state index in [4.69, 9.17) is 0 Å². The van der Waals surface area contributed by atoms with E-state index >= 15 is 0 Å². The smallest absolute Gasteiger partial charge is 0.246 e. The number of hydrogen-bond acceptors (Lipinski definition) is 6. The molecule has 2 rings (SSSR count). The van der Waals surface area contributed by atoms with Crippen LogP contribution in [0.1, 0.15) is 0 Å². The van der Waals surface area contributed by atoms with Crippen molar-refractivity contribution < 1.29 is 14.4 Å². The molecule has 1 aliphatic rings. The molecule has 16 heavy (non-hydrogen) atoms. The summed E-state index contributed by atoms with van der Waals surface area (Å²) >= 11 is 0. The molecule has 0 radical (unpaired) electrons. The zero-order chi connectivity index (χ0) is 11.5. The molecule has 1 N–H and O–H groups in total. The van der Waals surface area contributed by atoms with E-state index in [0.717, 1.165) is 4.90 Å². The highest BCUT2D eigenvalue weighted by atomic mass is 16.2. The Bertz CT molecular complexity index is 411. The van der Waals surface area contributed by atoms with Crippen LogP contribution in [0.25, 0.3) is 0 Å². The zero-order valence-electron chi connectivity index (χ0n) is 8.16. The molecule has 1 aliphatic heterocycles. The number of piperazine rings is 1. The quantitative estimate of drug-likeness (QED) is 0.542. The van der Waals surface area contributed by atoms with Gasteiger partial charge >= 0.3 is 0 Å². The number of carbonyl (C=O) groups is 3. The summed E-state index contributed by atoms with van der Waals surface area (Å²) in [4.78, 5) is 34.8. The van der Waals surface area contributed by atoms with Gasteiger partial charge in [0.1, 0.15) is 26.0 Å². The number of tetrazole rings is 1. The predicted molar refractivity (Wildman–Crippen MR) is 47.5 cm³/mol. The number of amides is 3. The minimum absolute atomic E-state index is 0.0897. The fourth-order valence-electron chi connectivity index (χ4n) is 1.30. The van der Waals surface area contributed by atoms with E-state index in [1.165, 1.54) is 11.0 Å². The molecular formula is C7H8N6O3. The molecule has 1 saturated heterocycles. The van der Waals surface area contributed by atoms with Crippen LogP contribution in [-0.4, -0.2) is 55.9 Å². The summed E-state index contributed by atoms with van der Waals surface area (Å²) in [6.07, 6.45) is 1.28. The first-order chi connectivity index (χ1) is 7.65. The van der Waals surface area contributed by atoms with Crippen LogP contribution in [0.3, 0.4) is 0 Å². The van der Waals surface area contributed by atoms with Crippen LogP contribution in [0.4, 0.5) is 0 Å². The Balaban J connectivity index is 1.99. The number of aromatic nitrogens is 4. The molecule has 1 aromatic rings. The number of rotatable bonds is 2. The van der Waals surface area contributed by atoms with Crippen LogP contribution in [-0.2, 0) is 20.9 Å². The summed E-state index contributed by atoms with van der Waals surface area (Å²) in [7, 11) is 0. The molecule has 3 amide bonds. The standard InChI is InChI=1S/C7H8N6O3/c14-5-1-12(2-6(15)9-5)7(16)3-13-4-8-10-11-13/h4H,1-3H2,(H,9,14,15). The highest BCUT2D eigenvalue weighted by molar-refractivity contribution is 6.02. The van der Waals surface area contributed by atoms with Gasteiger partial charge in [-0.25, -0.2) is 4.68 Å². The van der Waals surface area contributed by atoms with Crippen molar-refractivity contribution in [2.24, 2.45) is 0 Å². The normalized spacial score (nSPS) is 16.1. The van der Waals surface area contributed by atoms with Gasteiger partial charge in [0.05, 0.1) is 0 Å². The van der Waals surface area contributed by atoms with Crippen molar-refractivity contribution in [1.29, 1.82) is 0 Å². The highest BCUT2D eigenvalue weighted by Crippen LogP contribution is 1.97. The van der Waals surface area contributed by atoms with Crippen LogP contribution in [0.5, 0.6) is 0 Å². The molecule has 84 valence electrons. The van der Waals surface area contributed by atoms with Gasteiger partial charge in [-0.05, 0) is 10.4 Å². The molecule has 0 aromatic carbocycles. The van der Waals surface area contributed by atoms with Crippen molar-refractivity contribution in [2.45, 2.75) is 6.54 Å². The molecule has 9 heteroatoms. The monoisotopic (exact) mass is 224 g/mol. The van der Waals surface area contributed by atoms with E-state index in [1.807, 2.05) is 0 Å². The lowest BCUT2D eigenvalue weighted by Gasteiger charge is -2.25. The van der Waals surface area contributed by atoms with Gasteiger partial charge in [-0.1, -0.05) is 0 Å². The largest absolute Gasteiger partial charge is 0.322 e. The van der Waals surface area contributed by atoms with Gasteiger partial charge in [0, 0.05) is 0 Å². The van der Waals surface area contributed by atoms with E-state index in [0.29, 0.717) is 0 Å². The summed E-state index contributed by atoms with van der Waals surface area (Å²) in [6.45, 7) is -0.326. The lowest BCUT2D eigenvalue weighted by Crippen LogP contribution is -2.54. The number of nitrogens with zero attached hydrogens (tertiary/aromatic N) is 5. The van der Waals surface area contributed by atoms with E-state index < -0.39 is 11.8 Å². The highest BCUT2D eigenvalue weighted by Gasteiger charge is 2.26. The van der Waals surface area contributed by atoms with E-state index in [9.17, 15) is 14.4 Å². The Morgan fingerprint density at radius 3 is 2.62 bits per heavy atom. The molecular weight excluding hydrogens is 216 g/mol. The lowest BCUT2D eigenvalue weighted by atomic mass is 10.3. The van der Waals surface area contributed by atoms with Gasteiger partial charge in [-0.15, -0.1) is 5.10 Å². The molecule has 1 fully saturated rings. The third kappa shape index (κ3) is 2.19. The molecule has 0 unspecified atom stereocenters. The second-order valence-corrected chi connectivity index (χ2v) is 3.23. The number of carbonyl (C=O) groups excluding carboxylic acids is 3. The second-order valence-electron chi connectivity index (χ2n) is 3.23. The summed E-state index contributed by atoms with van der Waals surface area (Å²) in [6, 6.07) is 0. The predicted octanol–water partition coefficient (Wildman–Crippen LogP) is -2.84. The first-order valence-corrected chi connectivity index (χ1v) is 4.46. The average Bonchev–Trinajstić information content (AvgIpc) is 2.68. The molecule has 0 spiro atoms. The van der Waals surface area contributed by atoms with Crippen molar-refractivity contribution >= 4 is 17.7 Å². The molecule has 2 heterocycles. The van der Waals surface area contributed by atoms with Gasteiger partial charge in [0.25, 0.3) is 0 Å². The van der Waals surface area contributed by atoms with Crippen molar-refractivity contribution in [2.75, 3.05) is 13.1 Å². The summed E-state index contributed by atoms with van der Waals surface area (Å²) in [5, 5.41) is 12.3. The summed E-state index contributed by atoms with van der Waals surface area (Å²) < 4.78 is 1.22. The maximum Gasteiger partial charge on any atom is 0.246 e. The minimum atomic E-state index is -0.485. The fourth-order valence-corrected chi connectivity index (χ4v) is 1.30. The first-order valence-electron chi connectivity index (χ1n) is 4.46. The molecule has 0 aliphatic carbocycles.